The second-order valence-electron chi connectivity index (χ2n) is 6.74. The molecule has 4 rings (SSSR count). The number of nitrogens with zero attached hydrogens (tertiary/aromatic N) is 3. The molecule has 4 heterocycles. The highest BCUT2D eigenvalue weighted by Gasteiger charge is 2.47. The van der Waals surface area contributed by atoms with Gasteiger partial charge >= 0.3 is 0 Å². The summed E-state index contributed by atoms with van der Waals surface area (Å²) in [5.41, 5.74) is 1.60. The highest BCUT2D eigenvalue weighted by Crippen LogP contribution is 2.32. The minimum absolute atomic E-state index is 0.00191. The van der Waals surface area contributed by atoms with E-state index in [0.717, 1.165) is 25.0 Å². The molecule has 2 aromatic rings. The van der Waals surface area contributed by atoms with Gasteiger partial charge in [-0.05, 0) is 43.5 Å². The number of pyridine rings is 2. The number of likely N-dealkylation sites (tertiary alicyclic amines) is 1. The van der Waals surface area contributed by atoms with Crippen LogP contribution in [-0.4, -0.2) is 52.2 Å². The van der Waals surface area contributed by atoms with Gasteiger partial charge in [0.15, 0.2) is 0 Å². The molecule has 1 amide bonds. The number of rotatable bonds is 4. The lowest BCUT2D eigenvalue weighted by molar-refractivity contribution is -0.0447. The fraction of sp³-hybridized carbons (Fsp3) is 0.450. The molecule has 0 saturated carbocycles. The molecule has 0 radical (unpaired) electrons. The summed E-state index contributed by atoms with van der Waals surface area (Å²) in [6, 6.07) is 7.55. The number of ether oxygens (including phenoxy) is 2. The zero-order valence-electron chi connectivity index (χ0n) is 14.9. The number of fused-ring (bicyclic) bond motifs is 1. The Hall–Kier alpha value is -2.47. The van der Waals surface area contributed by atoms with Crippen LogP contribution in [0.5, 0.6) is 5.75 Å². The largest absolute Gasteiger partial charge is 0.484 e. The zero-order valence-corrected chi connectivity index (χ0v) is 14.9. The van der Waals surface area contributed by atoms with E-state index in [9.17, 15) is 4.79 Å². The second-order valence-corrected chi connectivity index (χ2v) is 6.74. The summed E-state index contributed by atoms with van der Waals surface area (Å²) >= 11 is 0. The van der Waals surface area contributed by atoms with E-state index in [4.69, 9.17) is 9.47 Å². The van der Waals surface area contributed by atoms with Gasteiger partial charge in [0.05, 0.1) is 24.3 Å². The lowest BCUT2D eigenvalue weighted by Crippen LogP contribution is -2.44. The molecule has 26 heavy (non-hydrogen) atoms. The van der Waals surface area contributed by atoms with Crippen molar-refractivity contribution >= 4 is 5.91 Å². The summed E-state index contributed by atoms with van der Waals surface area (Å²) < 4.78 is 12.1. The quantitative estimate of drug-likeness (QED) is 0.845. The first kappa shape index (κ1) is 17.0. The van der Waals surface area contributed by atoms with E-state index in [1.807, 2.05) is 29.2 Å². The standard InChI is InChI=1S/C20H23N3O3/c1-2-15-8-7-14(11-22-15)20(24)23-13-18(19-17(23)6-4-10-25-19)26-16-5-3-9-21-12-16/h3,5,7-9,11-12,17-19H,2,4,6,10,13H2,1H3/t17-,18+,19+/m1/s1. The van der Waals surface area contributed by atoms with E-state index in [2.05, 4.69) is 16.9 Å². The van der Waals surface area contributed by atoms with Gasteiger partial charge in [-0.25, -0.2) is 0 Å². The molecular formula is C20H23N3O3. The van der Waals surface area contributed by atoms with Gasteiger partial charge in [0.2, 0.25) is 0 Å². The summed E-state index contributed by atoms with van der Waals surface area (Å²) in [4.78, 5) is 23.4. The van der Waals surface area contributed by atoms with Gasteiger partial charge in [-0.2, -0.15) is 0 Å². The van der Waals surface area contributed by atoms with E-state index in [1.54, 1.807) is 18.6 Å². The number of carbonyl (C=O) groups excluding carboxylic acids is 1. The van der Waals surface area contributed by atoms with Gasteiger partial charge in [-0.15, -0.1) is 0 Å². The van der Waals surface area contributed by atoms with Crippen molar-refractivity contribution in [2.24, 2.45) is 0 Å². The highest BCUT2D eigenvalue weighted by atomic mass is 16.5. The van der Waals surface area contributed by atoms with Crippen LogP contribution in [0.3, 0.4) is 0 Å². The first-order valence-electron chi connectivity index (χ1n) is 9.20. The molecule has 2 saturated heterocycles. The third-order valence-electron chi connectivity index (χ3n) is 5.09. The molecule has 2 aliphatic rings. The molecule has 0 bridgehead atoms. The van der Waals surface area contributed by atoms with Crippen molar-refractivity contribution in [2.75, 3.05) is 13.2 Å². The van der Waals surface area contributed by atoms with Crippen LogP contribution in [0.15, 0.2) is 42.9 Å². The fourth-order valence-electron chi connectivity index (χ4n) is 3.76. The summed E-state index contributed by atoms with van der Waals surface area (Å²) in [5, 5.41) is 0. The maximum absolute atomic E-state index is 13.1. The van der Waals surface area contributed by atoms with E-state index in [1.165, 1.54) is 0 Å². The Morgan fingerprint density at radius 2 is 2.27 bits per heavy atom. The number of aryl methyl sites for hydroxylation is 1. The summed E-state index contributed by atoms with van der Waals surface area (Å²) in [5.74, 6) is 0.701. The van der Waals surface area contributed by atoms with Gasteiger partial charge < -0.3 is 14.4 Å². The van der Waals surface area contributed by atoms with E-state index in [-0.39, 0.29) is 24.2 Å². The van der Waals surface area contributed by atoms with Gasteiger partial charge in [0, 0.05) is 24.7 Å². The molecule has 0 N–H and O–H groups in total. The van der Waals surface area contributed by atoms with Crippen LogP contribution in [0.4, 0.5) is 0 Å². The van der Waals surface area contributed by atoms with Crippen LogP contribution in [0.2, 0.25) is 0 Å². The Balaban J connectivity index is 1.54. The minimum atomic E-state index is -0.184. The van der Waals surface area contributed by atoms with Crippen LogP contribution < -0.4 is 4.74 Å². The van der Waals surface area contributed by atoms with Crippen molar-refractivity contribution < 1.29 is 14.3 Å². The highest BCUT2D eigenvalue weighted by molar-refractivity contribution is 5.94. The SMILES string of the molecule is CCc1ccc(C(=O)N2C[C@H](Oc3cccnc3)[C@H]3OCCC[C@H]32)cn1. The Kier molecular flexibility index (Phi) is 4.84. The van der Waals surface area contributed by atoms with E-state index >= 15 is 0 Å². The van der Waals surface area contributed by atoms with Crippen molar-refractivity contribution in [1.29, 1.82) is 0 Å². The molecule has 136 valence electrons. The van der Waals surface area contributed by atoms with Gasteiger partial charge in [0.1, 0.15) is 18.0 Å². The topological polar surface area (TPSA) is 64.6 Å². The molecule has 3 atom stereocenters. The predicted molar refractivity (Wildman–Crippen MR) is 96.1 cm³/mol. The van der Waals surface area contributed by atoms with E-state index in [0.29, 0.717) is 24.5 Å². The average molecular weight is 353 g/mol. The average Bonchev–Trinajstić information content (AvgIpc) is 3.07. The molecule has 0 aromatic carbocycles. The van der Waals surface area contributed by atoms with Crippen molar-refractivity contribution in [2.45, 2.75) is 44.4 Å². The second kappa shape index (κ2) is 7.41. The first-order chi connectivity index (χ1) is 12.8. The first-order valence-corrected chi connectivity index (χ1v) is 9.20. The molecular weight excluding hydrogens is 330 g/mol. The molecule has 6 nitrogen and oxygen atoms in total. The molecule has 2 aliphatic heterocycles. The number of hydrogen-bond donors (Lipinski definition) is 0. The Morgan fingerprint density at radius 1 is 1.35 bits per heavy atom. The van der Waals surface area contributed by atoms with Gasteiger partial charge in [0.25, 0.3) is 5.91 Å². The van der Waals surface area contributed by atoms with Crippen molar-refractivity contribution in [3.8, 4) is 5.75 Å². The molecule has 2 fully saturated rings. The molecule has 2 aromatic heterocycles. The van der Waals surface area contributed by atoms with E-state index < -0.39 is 0 Å². The number of hydrogen-bond acceptors (Lipinski definition) is 5. The Morgan fingerprint density at radius 3 is 3.00 bits per heavy atom. The smallest absolute Gasteiger partial charge is 0.255 e. The molecule has 0 spiro atoms. The lowest BCUT2D eigenvalue weighted by Gasteiger charge is -2.32. The maximum Gasteiger partial charge on any atom is 0.255 e. The van der Waals surface area contributed by atoms with Crippen LogP contribution in [0, 0.1) is 0 Å². The number of amides is 1. The van der Waals surface area contributed by atoms with Gasteiger partial charge in [-0.3, -0.25) is 14.8 Å². The van der Waals surface area contributed by atoms with Crippen LogP contribution in [0.25, 0.3) is 0 Å². The van der Waals surface area contributed by atoms with Crippen molar-refractivity contribution in [1.82, 2.24) is 14.9 Å². The fourth-order valence-corrected chi connectivity index (χ4v) is 3.76. The third kappa shape index (κ3) is 3.29. The molecule has 6 heteroatoms. The monoisotopic (exact) mass is 353 g/mol. The Bertz CT molecular complexity index is 751. The maximum atomic E-state index is 13.1. The Labute approximate surface area is 153 Å². The minimum Gasteiger partial charge on any atom is -0.484 e. The number of aromatic nitrogens is 2. The summed E-state index contributed by atoms with van der Waals surface area (Å²) in [6.45, 7) is 3.27. The number of carbonyl (C=O) groups is 1. The normalized spacial score (nSPS) is 25.0. The zero-order chi connectivity index (χ0) is 17.9. The summed E-state index contributed by atoms with van der Waals surface area (Å²) in [7, 11) is 0. The molecule has 0 aliphatic carbocycles. The van der Waals surface area contributed by atoms with Crippen molar-refractivity contribution in [3.63, 3.8) is 0 Å². The van der Waals surface area contributed by atoms with Gasteiger partial charge in [-0.1, -0.05) is 6.92 Å². The lowest BCUT2D eigenvalue weighted by atomic mass is 10.0. The van der Waals surface area contributed by atoms with Crippen LogP contribution in [0.1, 0.15) is 35.8 Å². The molecule has 0 unspecified atom stereocenters. The van der Waals surface area contributed by atoms with Crippen molar-refractivity contribution in [3.05, 3.63) is 54.1 Å². The predicted octanol–water partition coefficient (Wildman–Crippen LogP) is 2.49. The van der Waals surface area contributed by atoms with Crippen LogP contribution >= 0.6 is 0 Å². The van der Waals surface area contributed by atoms with Crippen LogP contribution in [-0.2, 0) is 11.2 Å². The summed E-state index contributed by atoms with van der Waals surface area (Å²) in [6.07, 6.45) is 7.54. The third-order valence-corrected chi connectivity index (χ3v) is 5.09.